The number of carboxylic acids is 1. The number of aryl methyl sites for hydroxylation is 2. The number of ketones is 1. The summed E-state index contributed by atoms with van der Waals surface area (Å²) in [5, 5.41) is 8.75. The van der Waals surface area contributed by atoms with E-state index in [2.05, 4.69) is 15.9 Å². The van der Waals surface area contributed by atoms with Gasteiger partial charge in [0.2, 0.25) is 0 Å². The molecule has 1 atom stereocenters. The van der Waals surface area contributed by atoms with Crippen molar-refractivity contribution in [2.24, 2.45) is 0 Å². The highest BCUT2D eigenvalue weighted by atomic mass is 79.9. The molecular weight excluding hydrogens is 296 g/mol. The van der Waals surface area contributed by atoms with E-state index in [0.717, 1.165) is 22.3 Å². The molecule has 0 spiro atoms. The van der Waals surface area contributed by atoms with Crippen LogP contribution in [0.2, 0.25) is 0 Å². The van der Waals surface area contributed by atoms with Crippen molar-refractivity contribution in [3.05, 3.63) is 33.9 Å². The molecule has 1 rings (SSSR count). The first kappa shape index (κ1) is 14.9. The van der Waals surface area contributed by atoms with E-state index in [1.54, 1.807) is 0 Å². The van der Waals surface area contributed by atoms with Crippen molar-refractivity contribution in [1.82, 2.24) is 0 Å². The van der Waals surface area contributed by atoms with E-state index in [4.69, 9.17) is 5.11 Å². The number of rotatable bonds is 4. The van der Waals surface area contributed by atoms with Crippen molar-refractivity contribution in [3.63, 3.8) is 0 Å². The van der Waals surface area contributed by atoms with Crippen LogP contribution in [0.25, 0.3) is 0 Å². The Bertz CT molecular complexity index is 480. The number of carboxylic acid groups (broad SMARTS) is 1. The van der Waals surface area contributed by atoms with Crippen LogP contribution < -0.4 is 0 Å². The van der Waals surface area contributed by atoms with Crippen LogP contribution in [0.3, 0.4) is 0 Å². The number of carbonyl (C=O) groups excluding carboxylic acids is 1. The molecule has 0 heterocycles. The second-order valence-corrected chi connectivity index (χ2v) is 5.67. The van der Waals surface area contributed by atoms with Crippen LogP contribution in [0, 0.1) is 27.7 Å². The average molecular weight is 313 g/mol. The Morgan fingerprint density at radius 3 is 2.00 bits per heavy atom. The number of carbonyl (C=O) groups is 2. The molecular formula is C14H17BrO3. The Morgan fingerprint density at radius 2 is 1.61 bits per heavy atom. The van der Waals surface area contributed by atoms with Gasteiger partial charge in [0.25, 0.3) is 0 Å². The monoisotopic (exact) mass is 312 g/mol. The summed E-state index contributed by atoms with van der Waals surface area (Å²) < 4.78 is 0. The Hall–Kier alpha value is -1.16. The molecule has 0 aliphatic rings. The smallest absolute Gasteiger partial charge is 0.304 e. The van der Waals surface area contributed by atoms with E-state index in [-0.39, 0.29) is 12.2 Å². The molecule has 3 nitrogen and oxygen atoms in total. The predicted octanol–water partition coefficient (Wildman–Crippen LogP) is 3.34. The van der Waals surface area contributed by atoms with Gasteiger partial charge in [0.1, 0.15) is 0 Å². The minimum Gasteiger partial charge on any atom is -0.481 e. The van der Waals surface area contributed by atoms with Gasteiger partial charge >= 0.3 is 5.97 Å². The van der Waals surface area contributed by atoms with Gasteiger partial charge in [0.15, 0.2) is 5.78 Å². The molecule has 0 aromatic heterocycles. The molecule has 0 amide bonds. The Balaban J connectivity index is 3.24. The Kier molecular flexibility index (Phi) is 4.68. The van der Waals surface area contributed by atoms with Crippen molar-refractivity contribution >= 4 is 27.7 Å². The van der Waals surface area contributed by atoms with Crippen LogP contribution in [0.1, 0.15) is 39.0 Å². The molecule has 0 aliphatic carbocycles. The SMILES string of the molecule is Cc1cc(C)c(C)c(C(=O)C(Br)CC(=O)O)c1C. The van der Waals surface area contributed by atoms with Crippen LogP contribution in [0.5, 0.6) is 0 Å². The van der Waals surface area contributed by atoms with Gasteiger partial charge in [-0.2, -0.15) is 0 Å². The summed E-state index contributed by atoms with van der Waals surface area (Å²) in [6.07, 6.45) is -0.204. The second-order valence-electron chi connectivity index (χ2n) is 4.57. The van der Waals surface area contributed by atoms with E-state index in [1.807, 2.05) is 33.8 Å². The first-order valence-electron chi connectivity index (χ1n) is 5.73. The second kappa shape index (κ2) is 5.65. The topological polar surface area (TPSA) is 54.4 Å². The van der Waals surface area contributed by atoms with Gasteiger partial charge in [0.05, 0.1) is 11.2 Å². The van der Waals surface area contributed by atoms with Crippen LogP contribution in [-0.4, -0.2) is 21.7 Å². The van der Waals surface area contributed by atoms with E-state index >= 15 is 0 Å². The zero-order valence-electron chi connectivity index (χ0n) is 11.0. The van der Waals surface area contributed by atoms with Crippen LogP contribution in [-0.2, 0) is 4.79 Å². The number of aliphatic carboxylic acids is 1. The molecule has 0 bridgehead atoms. The molecule has 0 aliphatic heterocycles. The van der Waals surface area contributed by atoms with Gasteiger partial charge in [0, 0.05) is 5.56 Å². The molecule has 0 fully saturated rings. The van der Waals surface area contributed by atoms with Crippen molar-refractivity contribution in [1.29, 1.82) is 0 Å². The van der Waals surface area contributed by atoms with E-state index in [1.165, 1.54) is 0 Å². The van der Waals surface area contributed by atoms with Gasteiger partial charge in [-0.15, -0.1) is 0 Å². The Labute approximate surface area is 115 Å². The van der Waals surface area contributed by atoms with Crippen molar-refractivity contribution in [2.45, 2.75) is 38.9 Å². The number of benzene rings is 1. The maximum Gasteiger partial charge on any atom is 0.304 e. The third-order valence-corrected chi connectivity index (χ3v) is 3.99. The summed E-state index contributed by atoms with van der Waals surface area (Å²) >= 11 is 3.17. The quantitative estimate of drug-likeness (QED) is 0.685. The highest BCUT2D eigenvalue weighted by Crippen LogP contribution is 2.25. The summed E-state index contributed by atoms with van der Waals surface area (Å²) in [5.41, 5.74) is 4.61. The first-order chi connectivity index (χ1) is 8.25. The highest BCUT2D eigenvalue weighted by molar-refractivity contribution is 9.10. The highest BCUT2D eigenvalue weighted by Gasteiger charge is 2.24. The largest absolute Gasteiger partial charge is 0.481 e. The lowest BCUT2D eigenvalue weighted by Gasteiger charge is -2.16. The summed E-state index contributed by atoms with van der Waals surface area (Å²) in [4.78, 5) is 22.3. The molecule has 4 heteroatoms. The van der Waals surface area contributed by atoms with Gasteiger partial charge < -0.3 is 5.11 Å². The molecule has 18 heavy (non-hydrogen) atoms. The normalized spacial score (nSPS) is 12.3. The molecule has 1 N–H and O–H groups in total. The fourth-order valence-electron chi connectivity index (χ4n) is 1.99. The molecule has 98 valence electrons. The van der Waals surface area contributed by atoms with Gasteiger partial charge in [-0.05, 0) is 49.9 Å². The van der Waals surface area contributed by atoms with E-state index in [9.17, 15) is 9.59 Å². The lowest BCUT2D eigenvalue weighted by molar-refractivity contribution is -0.136. The fraction of sp³-hybridized carbons (Fsp3) is 0.429. The number of hydrogen-bond donors (Lipinski definition) is 1. The van der Waals surface area contributed by atoms with Gasteiger partial charge in [-0.1, -0.05) is 22.0 Å². The molecule has 0 radical (unpaired) electrons. The van der Waals surface area contributed by atoms with E-state index in [0.29, 0.717) is 5.56 Å². The fourth-order valence-corrected chi connectivity index (χ4v) is 2.49. The van der Waals surface area contributed by atoms with Crippen LogP contribution >= 0.6 is 15.9 Å². The maximum absolute atomic E-state index is 12.3. The third kappa shape index (κ3) is 2.99. The molecule has 1 aromatic rings. The lowest BCUT2D eigenvalue weighted by Crippen LogP contribution is -2.21. The lowest BCUT2D eigenvalue weighted by atomic mass is 9.90. The number of hydrogen-bond acceptors (Lipinski definition) is 2. The third-order valence-electron chi connectivity index (χ3n) is 3.25. The van der Waals surface area contributed by atoms with E-state index < -0.39 is 10.8 Å². The Morgan fingerprint density at radius 1 is 1.17 bits per heavy atom. The standard InChI is InChI=1S/C14H17BrO3/c1-7-5-8(2)10(4)13(9(7)3)14(18)11(15)6-12(16)17/h5,11H,6H2,1-4H3,(H,16,17). The van der Waals surface area contributed by atoms with Gasteiger partial charge in [-0.3, -0.25) is 9.59 Å². The zero-order valence-corrected chi connectivity index (χ0v) is 12.6. The number of Topliss-reactive ketones (excluding diaryl/α,β-unsaturated/α-hetero) is 1. The molecule has 1 aromatic carbocycles. The summed E-state index contributed by atoms with van der Waals surface area (Å²) in [5.74, 6) is -1.14. The number of halogens is 1. The van der Waals surface area contributed by atoms with Gasteiger partial charge in [-0.25, -0.2) is 0 Å². The molecule has 0 saturated carbocycles. The molecule has 1 unspecified atom stereocenters. The van der Waals surface area contributed by atoms with Crippen molar-refractivity contribution in [3.8, 4) is 0 Å². The first-order valence-corrected chi connectivity index (χ1v) is 6.64. The van der Waals surface area contributed by atoms with Crippen molar-refractivity contribution < 1.29 is 14.7 Å². The molecule has 0 saturated heterocycles. The summed E-state index contributed by atoms with van der Waals surface area (Å²) in [6, 6.07) is 2.04. The summed E-state index contributed by atoms with van der Waals surface area (Å²) in [6.45, 7) is 7.71. The minimum absolute atomic E-state index is 0.154. The maximum atomic E-state index is 12.3. The zero-order chi connectivity index (χ0) is 14.0. The van der Waals surface area contributed by atoms with Crippen LogP contribution in [0.15, 0.2) is 6.07 Å². The summed E-state index contributed by atoms with van der Waals surface area (Å²) in [7, 11) is 0. The predicted molar refractivity (Wildman–Crippen MR) is 74.7 cm³/mol. The number of alkyl halides is 1. The van der Waals surface area contributed by atoms with Crippen LogP contribution in [0.4, 0.5) is 0 Å². The van der Waals surface area contributed by atoms with Crippen molar-refractivity contribution in [2.75, 3.05) is 0 Å². The average Bonchev–Trinajstić information content (AvgIpc) is 2.25. The minimum atomic E-state index is -0.982.